The van der Waals surface area contributed by atoms with Crippen molar-refractivity contribution in [2.45, 2.75) is 25.4 Å². The van der Waals surface area contributed by atoms with Crippen molar-refractivity contribution in [2.75, 3.05) is 25.1 Å². The number of nitrogens with one attached hydrogen (secondary N) is 1. The summed E-state index contributed by atoms with van der Waals surface area (Å²) in [5, 5.41) is 11.8. The highest BCUT2D eigenvalue weighted by Crippen LogP contribution is 2.24. The minimum absolute atomic E-state index is 0.167. The quantitative estimate of drug-likeness (QED) is 0.699. The van der Waals surface area contributed by atoms with E-state index in [0.29, 0.717) is 12.2 Å². The van der Waals surface area contributed by atoms with E-state index in [-0.39, 0.29) is 11.9 Å². The van der Waals surface area contributed by atoms with Gasteiger partial charge < -0.3 is 15.0 Å². The van der Waals surface area contributed by atoms with Gasteiger partial charge in [-0.3, -0.25) is 4.79 Å². The first-order chi connectivity index (χ1) is 14.2. The van der Waals surface area contributed by atoms with Crippen LogP contribution in [0.4, 0.5) is 5.69 Å². The fourth-order valence-corrected chi connectivity index (χ4v) is 3.57. The lowest BCUT2D eigenvalue weighted by Crippen LogP contribution is -2.31. The lowest BCUT2D eigenvalue weighted by molar-refractivity contribution is 0.0980. The first kappa shape index (κ1) is 19.1. The Morgan fingerprint density at radius 3 is 2.55 bits per heavy atom. The van der Waals surface area contributed by atoms with Gasteiger partial charge in [-0.1, -0.05) is 35.5 Å². The van der Waals surface area contributed by atoms with Crippen LogP contribution in [0.5, 0.6) is 5.75 Å². The van der Waals surface area contributed by atoms with Crippen molar-refractivity contribution in [3.05, 3.63) is 72.1 Å². The number of aromatic nitrogens is 3. The molecule has 7 heteroatoms. The Kier molecular flexibility index (Phi) is 5.86. The Morgan fingerprint density at radius 2 is 1.86 bits per heavy atom. The molecule has 2 aromatic carbocycles. The predicted octanol–water partition coefficient (Wildman–Crippen LogP) is 3.06. The number of anilines is 1. The van der Waals surface area contributed by atoms with E-state index in [0.717, 1.165) is 42.9 Å². The van der Waals surface area contributed by atoms with Crippen LogP contribution in [0.15, 0.2) is 60.8 Å². The molecule has 1 amide bonds. The van der Waals surface area contributed by atoms with Crippen molar-refractivity contribution in [1.82, 2.24) is 20.3 Å². The monoisotopic (exact) mass is 391 g/mol. The second-order valence-corrected chi connectivity index (χ2v) is 7.14. The lowest BCUT2D eigenvalue weighted by Gasteiger charge is -2.23. The van der Waals surface area contributed by atoms with Gasteiger partial charge in [0.05, 0.1) is 25.9 Å². The van der Waals surface area contributed by atoms with Crippen LogP contribution in [-0.2, 0) is 6.54 Å². The van der Waals surface area contributed by atoms with E-state index in [1.54, 1.807) is 18.2 Å². The van der Waals surface area contributed by atoms with Crippen molar-refractivity contribution in [2.24, 2.45) is 0 Å². The number of hydrogen-bond acceptors (Lipinski definition) is 5. The molecule has 29 heavy (non-hydrogen) atoms. The summed E-state index contributed by atoms with van der Waals surface area (Å²) >= 11 is 0. The molecule has 1 saturated heterocycles. The standard InChI is InChI=1S/C22H25N5O2/c1-29-20-9-7-18(8-10-20)26(15-17-5-3-2-4-6-17)22(28)21-16-27(25-24-21)19-11-13-23-14-12-19/h2-10,16,19,23H,11-15H2,1H3. The lowest BCUT2D eigenvalue weighted by atomic mass is 10.1. The third kappa shape index (κ3) is 4.46. The SMILES string of the molecule is COc1ccc(N(Cc2ccccc2)C(=O)c2cn(C3CCNCC3)nn2)cc1. The third-order valence-electron chi connectivity index (χ3n) is 5.22. The molecule has 0 atom stereocenters. The molecule has 3 aromatic rings. The zero-order chi connectivity index (χ0) is 20.1. The molecule has 1 fully saturated rings. The van der Waals surface area contributed by atoms with Crippen molar-refractivity contribution >= 4 is 11.6 Å². The number of piperidine rings is 1. The average molecular weight is 391 g/mol. The summed E-state index contributed by atoms with van der Waals surface area (Å²) in [6.45, 7) is 2.37. The Hall–Kier alpha value is -3.19. The molecule has 0 bridgehead atoms. The van der Waals surface area contributed by atoms with E-state index < -0.39 is 0 Å². The highest BCUT2D eigenvalue weighted by atomic mass is 16.5. The Bertz CT molecular complexity index is 933. The second-order valence-electron chi connectivity index (χ2n) is 7.14. The molecule has 1 aliphatic rings. The van der Waals surface area contributed by atoms with Gasteiger partial charge in [-0.25, -0.2) is 4.68 Å². The van der Waals surface area contributed by atoms with Gasteiger partial charge in [-0.15, -0.1) is 5.10 Å². The van der Waals surface area contributed by atoms with Crippen LogP contribution in [0.25, 0.3) is 0 Å². The van der Waals surface area contributed by atoms with Crippen LogP contribution in [0.3, 0.4) is 0 Å². The molecule has 0 radical (unpaired) electrons. The van der Waals surface area contributed by atoms with Crippen LogP contribution in [0.2, 0.25) is 0 Å². The zero-order valence-electron chi connectivity index (χ0n) is 16.5. The number of ether oxygens (including phenoxy) is 1. The van der Waals surface area contributed by atoms with Crippen LogP contribution < -0.4 is 15.0 Å². The van der Waals surface area contributed by atoms with E-state index in [1.165, 1.54) is 0 Å². The minimum atomic E-state index is -0.167. The minimum Gasteiger partial charge on any atom is -0.497 e. The number of carbonyl (C=O) groups is 1. The summed E-state index contributed by atoms with van der Waals surface area (Å²) in [6, 6.07) is 17.7. The summed E-state index contributed by atoms with van der Waals surface area (Å²) in [5.41, 5.74) is 2.19. The third-order valence-corrected chi connectivity index (χ3v) is 5.22. The first-order valence-electron chi connectivity index (χ1n) is 9.87. The highest BCUT2D eigenvalue weighted by Gasteiger charge is 2.23. The zero-order valence-corrected chi connectivity index (χ0v) is 16.5. The number of carbonyl (C=O) groups excluding carboxylic acids is 1. The summed E-state index contributed by atoms with van der Waals surface area (Å²) in [5.74, 6) is 0.580. The molecule has 1 aromatic heterocycles. The van der Waals surface area contributed by atoms with E-state index in [9.17, 15) is 4.79 Å². The molecule has 0 spiro atoms. The molecule has 1 aliphatic heterocycles. The van der Waals surface area contributed by atoms with Crippen LogP contribution in [0, 0.1) is 0 Å². The molecule has 2 heterocycles. The van der Waals surface area contributed by atoms with E-state index in [4.69, 9.17) is 4.74 Å². The number of amides is 1. The largest absolute Gasteiger partial charge is 0.497 e. The van der Waals surface area contributed by atoms with Crippen molar-refractivity contribution in [3.63, 3.8) is 0 Å². The number of nitrogens with zero attached hydrogens (tertiary/aromatic N) is 4. The number of hydrogen-bond donors (Lipinski definition) is 1. The predicted molar refractivity (Wildman–Crippen MR) is 111 cm³/mol. The van der Waals surface area contributed by atoms with Gasteiger partial charge in [-0.2, -0.15) is 0 Å². The normalized spacial score (nSPS) is 14.5. The van der Waals surface area contributed by atoms with Crippen molar-refractivity contribution in [3.8, 4) is 5.75 Å². The molecular formula is C22H25N5O2. The van der Waals surface area contributed by atoms with Gasteiger partial charge in [0.2, 0.25) is 0 Å². The van der Waals surface area contributed by atoms with Gasteiger partial charge in [-0.05, 0) is 55.8 Å². The maximum absolute atomic E-state index is 13.4. The van der Waals surface area contributed by atoms with E-state index >= 15 is 0 Å². The van der Waals surface area contributed by atoms with E-state index in [1.807, 2.05) is 59.3 Å². The van der Waals surface area contributed by atoms with Crippen LogP contribution >= 0.6 is 0 Å². The summed E-state index contributed by atoms with van der Waals surface area (Å²) < 4.78 is 7.08. The molecule has 0 aliphatic carbocycles. The van der Waals surface area contributed by atoms with Crippen molar-refractivity contribution < 1.29 is 9.53 Å². The molecular weight excluding hydrogens is 366 g/mol. The van der Waals surface area contributed by atoms with Crippen molar-refractivity contribution in [1.29, 1.82) is 0 Å². The van der Waals surface area contributed by atoms with Crippen LogP contribution in [-0.4, -0.2) is 41.1 Å². The molecule has 7 nitrogen and oxygen atoms in total. The summed E-state index contributed by atoms with van der Waals surface area (Å²) in [4.78, 5) is 15.1. The molecule has 4 rings (SSSR count). The van der Waals surface area contributed by atoms with Gasteiger partial charge in [0, 0.05) is 5.69 Å². The van der Waals surface area contributed by atoms with Gasteiger partial charge in [0.1, 0.15) is 5.75 Å². The number of rotatable bonds is 6. The molecule has 1 N–H and O–H groups in total. The Morgan fingerprint density at radius 1 is 1.14 bits per heavy atom. The van der Waals surface area contributed by atoms with Gasteiger partial charge in [0.15, 0.2) is 5.69 Å². The first-order valence-corrected chi connectivity index (χ1v) is 9.87. The second kappa shape index (κ2) is 8.87. The highest BCUT2D eigenvalue weighted by molar-refractivity contribution is 6.04. The van der Waals surface area contributed by atoms with Crippen LogP contribution in [0.1, 0.15) is 34.9 Å². The maximum atomic E-state index is 13.4. The topological polar surface area (TPSA) is 72.3 Å². The smallest absolute Gasteiger partial charge is 0.280 e. The number of methoxy groups -OCH3 is 1. The number of benzene rings is 2. The molecule has 150 valence electrons. The maximum Gasteiger partial charge on any atom is 0.280 e. The molecule has 0 saturated carbocycles. The summed E-state index contributed by atoms with van der Waals surface area (Å²) in [7, 11) is 1.63. The molecule has 0 unspecified atom stereocenters. The fourth-order valence-electron chi connectivity index (χ4n) is 3.57. The van der Waals surface area contributed by atoms with E-state index in [2.05, 4.69) is 15.6 Å². The van der Waals surface area contributed by atoms with Gasteiger partial charge in [0.25, 0.3) is 5.91 Å². The average Bonchev–Trinajstić information content (AvgIpc) is 3.29. The summed E-state index contributed by atoms with van der Waals surface area (Å²) in [6.07, 6.45) is 3.76. The fraction of sp³-hybridized carbons (Fsp3) is 0.318. The Balaban J connectivity index is 1.60. The Labute approximate surface area is 170 Å². The van der Waals surface area contributed by atoms with Gasteiger partial charge >= 0.3 is 0 Å².